The van der Waals surface area contributed by atoms with Gasteiger partial charge in [0.1, 0.15) is 17.3 Å². The van der Waals surface area contributed by atoms with Crippen molar-refractivity contribution in [1.82, 2.24) is 19.8 Å². The van der Waals surface area contributed by atoms with Crippen molar-refractivity contribution in [3.63, 3.8) is 0 Å². The van der Waals surface area contributed by atoms with Crippen LogP contribution in [0.5, 0.6) is 0 Å². The number of carbonyl (C=O) groups is 1. The van der Waals surface area contributed by atoms with Crippen molar-refractivity contribution in [3.8, 4) is 0 Å². The van der Waals surface area contributed by atoms with Gasteiger partial charge in [-0.3, -0.25) is 4.79 Å². The van der Waals surface area contributed by atoms with Crippen molar-refractivity contribution in [2.45, 2.75) is 6.04 Å². The second-order valence-corrected chi connectivity index (χ2v) is 8.83. The van der Waals surface area contributed by atoms with E-state index in [1.165, 1.54) is 0 Å². The van der Waals surface area contributed by atoms with Crippen LogP contribution in [0.2, 0.25) is 0 Å². The molecule has 0 unspecified atom stereocenters. The van der Waals surface area contributed by atoms with Crippen molar-refractivity contribution in [1.29, 1.82) is 0 Å². The summed E-state index contributed by atoms with van der Waals surface area (Å²) in [6.07, 6.45) is 3.54. The zero-order valence-corrected chi connectivity index (χ0v) is 19.8. The number of aromatic nitrogens is 2. The fourth-order valence-electron chi connectivity index (χ4n) is 4.59. The van der Waals surface area contributed by atoms with E-state index in [1.54, 1.807) is 12.1 Å². The molecule has 2 aromatic heterocycles. The molecule has 180 valence electrons. The van der Waals surface area contributed by atoms with E-state index >= 15 is 0 Å². The van der Waals surface area contributed by atoms with Gasteiger partial charge >= 0.3 is 0 Å². The molecule has 2 aliphatic rings. The number of guanidine groups is 1. The van der Waals surface area contributed by atoms with Gasteiger partial charge < -0.3 is 30.7 Å². The number of hydrogen-bond acceptors (Lipinski definition) is 5. The summed E-state index contributed by atoms with van der Waals surface area (Å²) in [5, 5.41) is 6.06. The van der Waals surface area contributed by atoms with Crippen LogP contribution < -0.4 is 21.3 Å². The van der Waals surface area contributed by atoms with Gasteiger partial charge in [-0.1, -0.05) is 43.0 Å². The van der Waals surface area contributed by atoms with Crippen molar-refractivity contribution < 1.29 is 4.79 Å². The fraction of sp³-hybridized carbons (Fsp3) is 0.269. The summed E-state index contributed by atoms with van der Waals surface area (Å²) in [5.41, 5.74) is 9.73. The minimum atomic E-state index is -0.144. The molecule has 1 aromatic carbocycles. The van der Waals surface area contributed by atoms with E-state index in [9.17, 15) is 4.79 Å². The van der Waals surface area contributed by atoms with Crippen LogP contribution in [0.4, 0.5) is 17.3 Å². The number of carbonyl (C=O) groups excluding carboxylic acids is 1. The standard InChI is InChI=1S/C26H30N8O/c1-3-18-15-21-25(35)29-17-22(19-7-5-4-6-8-19)34(21)24(18)31-26(27)30-23-10-9-20(16-28-23)33-13-11-32(2)12-14-33/h3-10,15-16,22H,1,11-14,17H2,2H3,(H,29,35)(H3,27,28,30,31)/t22-/m1/s1. The Balaban J connectivity index is 1.41. The Morgan fingerprint density at radius 2 is 1.97 bits per heavy atom. The lowest BCUT2D eigenvalue weighted by Crippen LogP contribution is -2.44. The lowest BCUT2D eigenvalue weighted by atomic mass is 10.0. The molecule has 2 aliphatic heterocycles. The van der Waals surface area contributed by atoms with Gasteiger partial charge in [-0.2, -0.15) is 4.99 Å². The third-order valence-corrected chi connectivity index (χ3v) is 6.54. The molecule has 1 atom stereocenters. The molecule has 5 rings (SSSR count). The number of amides is 1. The molecule has 35 heavy (non-hydrogen) atoms. The second kappa shape index (κ2) is 9.63. The fourth-order valence-corrected chi connectivity index (χ4v) is 4.59. The first-order valence-electron chi connectivity index (χ1n) is 11.7. The van der Waals surface area contributed by atoms with Crippen LogP contribution in [-0.2, 0) is 0 Å². The van der Waals surface area contributed by atoms with Crippen LogP contribution in [-0.4, -0.2) is 66.1 Å². The quantitative estimate of drug-likeness (QED) is 0.391. The molecule has 0 radical (unpaired) electrons. The minimum absolute atomic E-state index is 0.106. The highest BCUT2D eigenvalue weighted by Gasteiger charge is 2.30. The Hall–Kier alpha value is -4.11. The van der Waals surface area contributed by atoms with E-state index < -0.39 is 0 Å². The zero-order valence-electron chi connectivity index (χ0n) is 19.8. The van der Waals surface area contributed by atoms with Crippen molar-refractivity contribution in [2.75, 3.05) is 50.0 Å². The number of pyridine rings is 1. The first-order chi connectivity index (χ1) is 17.0. The number of aliphatic imine (C=N–C) groups is 1. The molecule has 0 saturated carbocycles. The maximum Gasteiger partial charge on any atom is 0.268 e. The average molecular weight is 471 g/mol. The molecule has 1 fully saturated rings. The molecule has 0 spiro atoms. The van der Waals surface area contributed by atoms with Crippen LogP contribution in [0.3, 0.4) is 0 Å². The molecule has 4 heterocycles. The summed E-state index contributed by atoms with van der Waals surface area (Å²) in [6, 6.07) is 15.7. The topological polar surface area (TPSA) is 104 Å². The normalized spacial score (nSPS) is 18.7. The highest BCUT2D eigenvalue weighted by Crippen LogP contribution is 2.34. The molecule has 0 aliphatic carbocycles. The Kier molecular flexibility index (Phi) is 6.24. The number of nitrogens with zero attached hydrogens (tertiary/aromatic N) is 5. The third-order valence-electron chi connectivity index (χ3n) is 6.54. The molecule has 3 aromatic rings. The number of nitrogens with two attached hydrogens (primary N) is 1. The van der Waals surface area contributed by atoms with Crippen LogP contribution in [0, 0.1) is 0 Å². The highest BCUT2D eigenvalue weighted by atomic mass is 16.2. The average Bonchev–Trinajstić information content (AvgIpc) is 3.25. The second-order valence-electron chi connectivity index (χ2n) is 8.83. The lowest BCUT2D eigenvalue weighted by Gasteiger charge is -2.33. The van der Waals surface area contributed by atoms with Gasteiger partial charge in [-0.15, -0.1) is 0 Å². The first kappa shape index (κ1) is 22.7. The lowest BCUT2D eigenvalue weighted by molar-refractivity contribution is 0.0921. The van der Waals surface area contributed by atoms with E-state index in [0.717, 1.165) is 43.0 Å². The van der Waals surface area contributed by atoms with Gasteiger partial charge in [-0.05, 0) is 30.8 Å². The summed E-state index contributed by atoms with van der Waals surface area (Å²) in [4.78, 5) is 26.5. The number of anilines is 2. The van der Waals surface area contributed by atoms with Crippen molar-refractivity contribution in [3.05, 3.63) is 78.1 Å². The molecule has 0 bridgehead atoms. The number of likely N-dealkylation sites (N-methyl/N-ethyl adjacent to an activating group) is 1. The number of fused-ring (bicyclic) bond motifs is 1. The van der Waals surface area contributed by atoms with Gasteiger partial charge in [0, 0.05) is 38.3 Å². The third kappa shape index (κ3) is 4.63. The van der Waals surface area contributed by atoms with Gasteiger partial charge in [0.05, 0.1) is 17.9 Å². The summed E-state index contributed by atoms with van der Waals surface area (Å²) in [5.74, 6) is 1.23. The van der Waals surface area contributed by atoms with E-state index in [0.29, 0.717) is 23.9 Å². The Bertz CT molecular complexity index is 1240. The van der Waals surface area contributed by atoms with Crippen LogP contribution in [0.1, 0.15) is 27.7 Å². The van der Waals surface area contributed by atoms with Gasteiger partial charge in [0.25, 0.3) is 5.91 Å². The summed E-state index contributed by atoms with van der Waals surface area (Å²) >= 11 is 0. The summed E-state index contributed by atoms with van der Waals surface area (Å²) in [7, 11) is 2.14. The van der Waals surface area contributed by atoms with Gasteiger partial charge in [-0.25, -0.2) is 4.98 Å². The SMILES string of the molecule is C=Cc1cc2n(c1N=C(N)Nc1ccc(N3CCN(C)CC3)cn1)[C@@H](c1ccccc1)CNC2=O. The number of piperazine rings is 1. The maximum absolute atomic E-state index is 12.6. The van der Waals surface area contributed by atoms with Crippen LogP contribution >= 0.6 is 0 Å². The molecule has 1 saturated heterocycles. The van der Waals surface area contributed by atoms with Crippen LogP contribution in [0.25, 0.3) is 6.08 Å². The molecule has 1 amide bonds. The zero-order chi connectivity index (χ0) is 24.4. The largest absolute Gasteiger partial charge is 0.369 e. The number of benzene rings is 1. The van der Waals surface area contributed by atoms with E-state index in [-0.39, 0.29) is 17.9 Å². The predicted molar refractivity (Wildman–Crippen MR) is 140 cm³/mol. The van der Waals surface area contributed by atoms with Crippen molar-refractivity contribution >= 4 is 35.3 Å². The Morgan fingerprint density at radius 1 is 1.20 bits per heavy atom. The predicted octanol–water partition coefficient (Wildman–Crippen LogP) is 2.67. The van der Waals surface area contributed by atoms with Gasteiger partial charge in [0.2, 0.25) is 5.96 Å². The number of nitrogens with one attached hydrogen (secondary N) is 2. The molecule has 4 N–H and O–H groups in total. The van der Waals surface area contributed by atoms with E-state index in [4.69, 9.17) is 5.73 Å². The van der Waals surface area contributed by atoms with Crippen molar-refractivity contribution in [2.24, 2.45) is 10.7 Å². The monoisotopic (exact) mass is 470 g/mol. The smallest absolute Gasteiger partial charge is 0.268 e. The number of rotatable bonds is 5. The van der Waals surface area contributed by atoms with E-state index in [1.807, 2.05) is 53.2 Å². The Morgan fingerprint density at radius 3 is 2.66 bits per heavy atom. The maximum atomic E-state index is 12.6. The summed E-state index contributed by atoms with van der Waals surface area (Å²) in [6.45, 7) is 8.41. The summed E-state index contributed by atoms with van der Waals surface area (Å²) < 4.78 is 1.93. The van der Waals surface area contributed by atoms with Crippen LogP contribution in [0.15, 0.2) is 66.3 Å². The minimum Gasteiger partial charge on any atom is -0.369 e. The Labute approximate surface area is 205 Å². The molecular formula is C26H30N8O. The highest BCUT2D eigenvalue weighted by molar-refractivity contribution is 5.98. The van der Waals surface area contributed by atoms with E-state index in [2.05, 4.69) is 44.0 Å². The first-order valence-corrected chi connectivity index (χ1v) is 11.7. The number of hydrogen-bond donors (Lipinski definition) is 3. The molecule has 9 heteroatoms. The molecular weight excluding hydrogens is 440 g/mol. The van der Waals surface area contributed by atoms with Gasteiger partial charge in [0.15, 0.2) is 0 Å². The molecule has 9 nitrogen and oxygen atoms in total.